The van der Waals surface area contributed by atoms with Gasteiger partial charge in [-0.25, -0.2) is 14.0 Å². The molecule has 40 heteroatoms. The number of benzene rings is 5. The van der Waals surface area contributed by atoms with Gasteiger partial charge in [-0.15, -0.1) is 0 Å². The van der Waals surface area contributed by atoms with Crippen LogP contribution in [0.4, 0.5) is 65.2 Å². The summed E-state index contributed by atoms with van der Waals surface area (Å²) in [7, 11) is 7.14. The zero-order valence-electron chi connectivity index (χ0n) is 68.2. The van der Waals surface area contributed by atoms with E-state index < -0.39 is 31.1 Å². The maximum Gasteiger partial charge on any atom is 1.00 e. The summed E-state index contributed by atoms with van der Waals surface area (Å²) < 4.78 is 48.1. The summed E-state index contributed by atoms with van der Waals surface area (Å²) in [5.41, 5.74) is 8.96. The zero-order chi connectivity index (χ0) is 82.4. The number of amides is 4. The number of nitro benzene ring substituents is 4. The van der Waals surface area contributed by atoms with Crippen LogP contribution >= 0.6 is 0 Å². The number of nitrogens with zero attached hydrogens (tertiary/aromatic N) is 12. The summed E-state index contributed by atoms with van der Waals surface area (Å²) in [6.07, 6.45) is -0.516. The third kappa shape index (κ3) is 35.0. The predicted octanol–water partition coefficient (Wildman–Crippen LogP) is 2.04. The molecule has 0 aromatic heterocycles. The molecule has 5 saturated heterocycles. The molecule has 112 heavy (non-hydrogen) atoms. The zero-order valence-corrected chi connectivity index (χ0v) is 73.4. The molecule has 10 rings (SSSR count). The second-order valence-corrected chi connectivity index (χ2v) is 25.9. The number of carbonyl (C=O) groups excluding carboxylic acids is 5. The number of nitrogens with one attached hydrogen (secondary N) is 2. The van der Waals surface area contributed by atoms with Crippen LogP contribution in [0.3, 0.4) is 0 Å². The molecule has 0 radical (unpaired) electrons. The van der Waals surface area contributed by atoms with Gasteiger partial charge in [0.05, 0.1) is 60.9 Å². The van der Waals surface area contributed by atoms with Crippen LogP contribution in [0.1, 0.15) is 70.7 Å². The van der Waals surface area contributed by atoms with Gasteiger partial charge in [0.1, 0.15) is 22.8 Å². The molecular weight excluding hydrogens is 1520 g/mol. The van der Waals surface area contributed by atoms with E-state index in [1.165, 1.54) is 46.6 Å². The second kappa shape index (κ2) is 52.2. The van der Waals surface area contributed by atoms with Gasteiger partial charge in [-0.3, -0.25) is 54.8 Å². The first-order valence-electron chi connectivity index (χ1n) is 35.1. The Morgan fingerprint density at radius 3 is 0.955 bits per heavy atom. The molecule has 5 heterocycles. The normalized spacial score (nSPS) is 14.3. The Kier molecular flexibility index (Phi) is 47.4. The number of nitrogens with two attached hydrogens (primary N) is 1. The molecular formula is C72H106FK2N15O22. The fraction of sp³-hybridized carbons (Fsp3) is 0.514. The first-order valence-corrected chi connectivity index (χ1v) is 35.1. The van der Waals surface area contributed by atoms with Gasteiger partial charge in [0.25, 0.3) is 6.47 Å². The average Bonchev–Trinajstić information content (AvgIpc) is 0.835. The van der Waals surface area contributed by atoms with Gasteiger partial charge < -0.3 is 100 Å². The van der Waals surface area contributed by atoms with Gasteiger partial charge in [-0.1, -0.05) is 13.8 Å². The molecule has 0 spiro atoms. The molecule has 37 nitrogen and oxygen atoms in total. The van der Waals surface area contributed by atoms with E-state index in [0.29, 0.717) is 69.5 Å². The van der Waals surface area contributed by atoms with Crippen molar-refractivity contribution >= 4 is 81.7 Å². The minimum absolute atomic E-state index is 0. The van der Waals surface area contributed by atoms with E-state index in [-0.39, 0.29) is 180 Å². The van der Waals surface area contributed by atoms with Crippen molar-refractivity contribution in [2.45, 2.75) is 80.4 Å². The maximum absolute atomic E-state index is 12.5. The molecule has 0 saturated carbocycles. The Bertz CT molecular complexity index is 3800. The molecule has 4 N–H and O–H groups in total. The van der Waals surface area contributed by atoms with Crippen molar-refractivity contribution in [3.05, 3.63) is 137 Å². The van der Waals surface area contributed by atoms with E-state index in [2.05, 4.69) is 39.9 Å². The Labute approximate surface area is 738 Å². The largest absolute Gasteiger partial charge is 1.00 e. The summed E-state index contributed by atoms with van der Waals surface area (Å²) >= 11 is 0. The van der Waals surface area contributed by atoms with Crippen LogP contribution in [0.15, 0.2) is 91.0 Å². The number of methoxy groups -OCH3 is 5. The van der Waals surface area contributed by atoms with E-state index in [1.54, 1.807) is 72.1 Å². The molecule has 0 aliphatic carbocycles. The van der Waals surface area contributed by atoms with Gasteiger partial charge in [-0.05, 0) is 77.9 Å². The van der Waals surface area contributed by atoms with Crippen molar-refractivity contribution in [1.29, 1.82) is 0 Å². The predicted molar refractivity (Wildman–Crippen MR) is 410 cm³/mol. The maximum atomic E-state index is 12.5. The van der Waals surface area contributed by atoms with Crippen LogP contribution < -0.4 is 168 Å². The monoisotopic (exact) mass is 1630 g/mol. The van der Waals surface area contributed by atoms with Crippen molar-refractivity contribution < 1.29 is 196 Å². The third-order valence-electron chi connectivity index (χ3n) is 16.4. The first-order chi connectivity index (χ1) is 52.1. The number of halogens is 1. The molecule has 5 aromatic carbocycles. The van der Waals surface area contributed by atoms with Gasteiger partial charge in [0, 0.05) is 222 Å². The molecule has 0 unspecified atom stereocenters. The van der Waals surface area contributed by atoms with Crippen LogP contribution in [0.5, 0.6) is 28.7 Å². The minimum atomic E-state index is -0.627. The van der Waals surface area contributed by atoms with Crippen molar-refractivity contribution in [2.75, 3.05) is 192 Å². The number of ether oxygens (including phenoxy) is 7. The average molecular weight is 1630 g/mol. The van der Waals surface area contributed by atoms with E-state index in [9.17, 15) is 64.0 Å². The van der Waals surface area contributed by atoms with Gasteiger partial charge in [0.2, 0.25) is 11.8 Å². The fourth-order valence-corrected chi connectivity index (χ4v) is 10.9. The Hall–Kier alpha value is -8.27. The molecule has 4 amide bonds. The summed E-state index contributed by atoms with van der Waals surface area (Å²) in [6.45, 7) is 33.3. The van der Waals surface area contributed by atoms with Gasteiger partial charge in [0.15, 0.2) is 23.0 Å². The molecule has 0 bridgehead atoms. The Morgan fingerprint density at radius 1 is 0.429 bits per heavy atom. The first kappa shape index (κ1) is 102. The van der Waals surface area contributed by atoms with Gasteiger partial charge in [-0.2, -0.15) is 0 Å². The fourth-order valence-electron chi connectivity index (χ4n) is 10.9. The number of piperazine rings is 5. The standard InChI is InChI=1S/C16H23N3O5.C13H17N3O4.C13H19N3O2.C11H15N3O3.C9H18N2O2.C7H6FNO3.C2H6.CH2O3.2K.H/c1-16(2,3)24-15(20)18-9-7-17(8-10-18)12-5-6-13(19(21)22)14(11-12)23-4;1-10(17)14-5-7-15(8-6-14)11-3-4-12(16(18)19)13(9-11)20-2;1-10(17)15-5-7-16(8-6-15)11-3-4-12(14)13(9-11)18-2;1-17-11-8-9(2-3-10(11)14(15)16)13-6-4-12-5-7-13;1-9(2,3)13-8(12)11-6-4-10-5-7-11;1-12-7-4-5(8)2-3-6(7)9(10)11;1-2;2-1-4-3;;;/h5-6,11H,7-10H2,1-4H3;3-4,9H,5-8H2,1-2H3;3-4,9H,5-8,14H2,1-2H3;2-3,8,12H,4-7H2,1H3;10H,4-7H2,1-3H3;2-4H,1H3;1-2H3;1,3H;;;/q;;;;;;;;2*+1;-1/p-1. The second-order valence-electron chi connectivity index (χ2n) is 25.9. The number of carbonyl (C=O) groups is 5. The van der Waals surface area contributed by atoms with E-state index >= 15 is 0 Å². The molecule has 5 aliphatic rings. The molecule has 5 aliphatic heterocycles. The topological polar surface area (TPSA) is 431 Å². The molecule has 610 valence electrons. The van der Waals surface area contributed by atoms with Crippen LogP contribution in [0.25, 0.3) is 0 Å². The van der Waals surface area contributed by atoms with E-state index in [1.807, 2.05) is 78.5 Å². The van der Waals surface area contributed by atoms with Crippen molar-refractivity contribution in [3.8, 4) is 28.7 Å². The van der Waals surface area contributed by atoms with Crippen LogP contribution in [0.2, 0.25) is 0 Å². The molecule has 0 atom stereocenters. The summed E-state index contributed by atoms with van der Waals surface area (Å²) in [5.74, 6) is 1.08. The third-order valence-corrected chi connectivity index (χ3v) is 16.4. The molecule has 5 aromatic rings. The minimum Gasteiger partial charge on any atom is -1.00 e. The number of nitrogen functional groups attached to an aromatic ring is 1. The Balaban J connectivity index is 0.00000132. The number of hydrogen-bond acceptors (Lipinski definition) is 29. The van der Waals surface area contributed by atoms with Gasteiger partial charge >= 0.3 is 138 Å². The SMILES string of the molecule is CC.CC(C)(C)OC(=O)N1CCNCC1.COc1cc(F)ccc1[N+](=O)[O-].COc1cc(N2CCN(C(=O)OC(C)(C)C)CC2)ccc1[N+](=O)[O-].COc1cc(N2CCN(C(C)=O)CC2)ccc1N.COc1cc(N2CCN(C(C)=O)CC2)ccc1[N+](=O)[O-].COc1cc(N2CCNCC2)ccc1[N+](=O)[O-].O=CO[O-].[H-].[K+].[K+]. The summed E-state index contributed by atoms with van der Waals surface area (Å²) in [6, 6.07) is 23.4. The van der Waals surface area contributed by atoms with Crippen molar-refractivity contribution in [2.24, 2.45) is 0 Å². The number of anilines is 5. The summed E-state index contributed by atoms with van der Waals surface area (Å²) in [5, 5.41) is 57.7. The number of hydrogen-bond donors (Lipinski definition) is 3. The smallest absolute Gasteiger partial charge is 1.00 e. The summed E-state index contributed by atoms with van der Waals surface area (Å²) in [4.78, 5) is 114. The quantitative estimate of drug-likeness (QED) is 0.0357. The van der Waals surface area contributed by atoms with Crippen LogP contribution in [0, 0.1) is 46.3 Å². The Morgan fingerprint density at radius 2 is 0.679 bits per heavy atom. The van der Waals surface area contributed by atoms with Crippen molar-refractivity contribution in [1.82, 2.24) is 30.2 Å². The van der Waals surface area contributed by atoms with Crippen molar-refractivity contribution in [3.63, 3.8) is 0 Å². The number of rotatable bonds is 14. The van der Waals surface area contributed by atoms with Crippen LogP contribution in [-0.4, -0.2) is 247 Å². The van der Waals surface area contributed by atoms with E-state index in [4.69, 9.17) is 44.2 Å². The van der Waals surface area contributed by atoms with E-state index in [0.717, 1.165) is 119 Å². The van der Waals surface area contributed by atoms with Crippen LogP contribution in [-0.2, 0) is 28.7 Å². The number of nitro groups is 4. The molecule has 5 fully saturated rings.